The average Bonchev–Trinajstić information content (AvgIpc) is 3.11. The molecule has 0 bridgehead atoms. The van der Waals surface area contributed by atoms with Gasteiger partial charge in [-0.15, -0.1) is 0 Å². The monoisotopic (exact) mass is 277 g/mol. The van der Waals surface area contributed by atoms with Gasteiger partial charge in [0.2, 0.25) is 17.8 Å². The predicted octanol–water partition coefficient (Wildman–Crippen LogP) is 1.02. The lowest BCUT2D eigenvalue weighted by atomic mass is 10.3. The molecule has 1 aliphatic rings. The molecule has 1 fully saturated rings. The Bertz CT molecular complexity index is 536. The largest absolute Gasteiger partial charge is 0.357 e. The van der Waals surface area contributed by atoms with Crippen LogP contribution in [0.5, 0.6) is 0 Å². The van der Waals surface area contributed by atoms with Gasteiger partial charge in [-0.25, -0.2) is 4.98 Å². The molecule has 1 aliphatic heterocycles. The van der Waals surface area contributed by atoms with Crippen molar-refractivity contribution in [2.45, 2.75) is 12.5 Å². The molecule has 3 heterocycles. The maximum atomic E-state index is 4.43. The fourth-order valence-corrected chi connectivity index (χ4v) is 3.02. The van der Waals surface area contributed by atoms with Crippen LogP contribution in [0.1, 0.15) is 6.42 Å². The lowest BCUT2D eigenvalue weighted by molar-refractivity contribution is 0.789. The van der Waals surface area contributed by atoms with E-state index < -0.39 is 0 Å². The van der Waals surface area contributed by atoms with Crippen molar-refractivity contribution in [2.75, 3.05) is 29.2 Å². The third kappa shape index (κ3) is 2.78. The number of nitrogens with one attached hydrogen (secondary N) is 2. The van der Waals surface area contributed by atoms with Gasteiger partial charge in [-0.2, -0.15) is 26.7 Å². The molecule has 0 radical (unpaired) electrons. The maximum absolute atomic E-state index is 4.43. The van der Waals surface area contributed by atoms with E-state index in [-0.39, 0.29) is 0 Å². The topological polar surface area (TPSA) is 80.5 Å². The summed E-state index contributed by atoms with van der Waals surface area (Å²) < 4.78 is 1.76. The van der Waals surface area contributed by atoms with E-state index in [9.17, 15) is 0 Å². The van der Waals surface area contributed by atoms with E-state index in [0.717, 1.165) is 12.2 Å². The SMILES string of the molecule is CNc1nc(NC2CCSC2)nc(-n2ccnc2)n1. The highest BCUT2D eigenvalue weighted by Gasteiger charge is 2.17. The first kappa shape index (κ1) is 12.2. The van der Waals surface area contributed by atoms with Crippen LogP contribution in [0.3, 0.4) is 0 Å². The smallest absolute Gasteiger partial charge is 0.241 e. The van der Waals surface area contributed by atoms with E-state index in [0.29, 0.717) is 23.9 Å². The van der Waals surface area contributed by atoms with Gasteiger partial charge in [0.1, 0.15) is 6.33 Å². The summed E-state index contributed by atoms with van der Waals surface area (Å²) in [5.41, 5.74) is 0. The number of aromatic nitrogens is 5. The minimum absolute atomic E-state index is 0.438. The van der Waals surface area contributed by atoms with Crippen molar-refractivity contribution >= 4 is 23.7 Å². The Kier molecular flexibility index (Phi) is 3.49. The third-order valence-electron chi connectivity index (χ3n) is 2.85. The highest BCUT2D eigenvalue weighted by molar-refractivity contribution is 7.99. The van der Waals surface area contributed by atoms with Gasteiger partial charge in [0.25, 0.3) is 0 Å². The molecule has 2 N–H and O–H groups in total. The molecule has 3 rings (SSSR count). The molecule has 2 aromatic rings. The van der Waals surface area contributed by atoms with E-state index >= 15 is 0 Å². The summed E-state index contributed by atoms with van der Waals surface area (Å²) in [6.45, 7) is 0. The highest BCUT2D eigenvalue weighted by atomic mass is 32.2. The summed E-state index contributed by atoms with van der Waals surface area (Å²) in [5, 5.41) is 6.31. The Labute approximate surface area is 115 Å². The predicted molar refractivity (Wildman–Crippen MR) is 75.8 cm³/mol. The minimum atomic E-state index is 0.438. The number of hydrogen-bond donors (Lipinski definition) is 2. The van der Waals surface area contributed by atoms with Crippen molar-refractivity contribution in [3.8, 4) is 5.95 Å². The van der Waals surface area contributed by atoms with Crippen LogP contribution in [0.25, 0.3) is 5.95 Å². The summed E-state index contributed by atoms with van der Waals surface area (Å²) in [7, 11) is 1.79. The van der Waals surface area contributed by atoms with E-state index in [2.05, 4.69) is 30.6 Å². The highest BCUT2D eigenvalue weighted by Crippen LogP contribution is 2.20. The van der Waals surface area contributed by atoms with E-state index in [4.69, 9.17) is 0 Å². The Morgan fingerprint density at radius 2 is 2.21 bits per heavy atom. The molecule has 0 spiro atoms. The fraction of sp³-hybridized carbons (Fsp3) is 0.455. The molecule has 0 aliphatic carbocycles. The number of nitrogens with zero attached hydrogens (tertiary/aromatic N) is 5. The minimum Gasteiger partial charge on any atom is -0.357 e. The molecular weight excluding hydrogens is 262 g/mol. The van der Waals surface area contributed by atoms with Crippen molar-refractivity contribution in [1.29, 1.82) is 0 Å². The second-order valence-corrected chi connectivity index (χ2v) is 5.36. The first-order chi connectivity index (χ1) is 9.35. The van der Waals surface area contributed by atoms with Gasteiger partial charge in [0.15, 0.2) is 0 Å². The molecule has 1 saturated heterocycles. The first-order valence-electron chi connectivity index (χ1n) is 6.11. The molecule has 8 heteroatoms. The van der Waals surface area contributed by atoms with Gasteiger partial charge < -0.3 is 10.6 Å². The van der Waals surface area contributed by atoms with Crippen molar-refractivity contribution < 1.29 is 0 Å². The van der Waals surface area contributed by atoms with Crippen LogP contribution in [0.2, 0.25) is 0 Å². The first-order valence-corrected chi connectivity index (χ1v) is 7.27. The molecule has 1 unspecified atom stereocenters. The second-order valence-electron chi connectivity index (χ2n) is 4.21. The zero-order chi connectivity index (χ0) is 13.1. The summed E-state index contributed by atoms with van der Waals surface area (Å²) >= 11 is 1.95. The van der Waals surface area contributed by atoms with E-state index in [1.807, 2.05) is 18.0 Å². The van der Waals surface area contributed by atoms with E-state index in [1.54, 1.807) is 24.1 Å². The quantitative estimate of drug-likeness (QED) is 0.863. The van der Waals surface area contributed by atoms with Gasteiger partial charge in [-0.3, -0.25) is 4.57 Å². The van der Waals surface area contributed by atoms with Crippen LogP contribution in [-0.4, -0.2) is 49.1 Å². The summed E-state index contributed by atoms with van der Waals surface area (Å²) in [4.78, 5) is 17.1. The number of imidazole rings is 1. The normalized spacial score (nSPS) is 18.5. The molecule has 0 saturated carbocycles. The summed E-state index contributed by atoms with van der Waals surface area (Å²) in [6, 6.07) is 0.438. The number of hydrogen-bond acceptors (Lipinski definition) is 7. The Morgan fingerprint density at radius 3 is 2.89 bits per heavy atom. The molecule has 0 aromatic carbocycles. The third-order valence-corrected chi connectivity index (χ3v) is 4.01. The van der Waals surface area contributed by atoms with Crippen LogP contribution >= 0.6 is 11.8 Å². The second kappa shape index (κ2) is 5.43. The molecule has 1 atom stereocenters. The standard InChI is InChI=1S/C11H15N7S/c1-12-9-15-10(14-8-2-5-19-6-8)17-11(16-9)18-4-3-13-7-18/h3-4,7-8H,2,5-6H2,1H3,(H2,12,14,15,16,17). The zero-order valence-electron chi connectivity index (χ0n) is 10.6. The average molecular weight is 277 g/mol. The molecule has 19 heavy (non-hydrogen) atoms. The zero-order valence-corrected chi connectivity index (χ0v) is 11.4. The van der Waals surface area contributed by atoms with Crippen LogP contribution < -0.4 is 10.6 Å². The van der Waals surface area contributed by atoms with Gasteiger partial charge >= 0.3 is 0 Å². The van der Waals surface area contributed by atoms with Gasteiger partial charge in [-0.05, 0) is 12.2 Å². The maximum Gasteiger partial charge on any atom is 0.241 e. The van der Waals surface area contributed by atoms with Crippen molar-refractivity contribution in [3.63, 3.8) is 0 Å². The molecule has 0 amide bonds. The number of rotatable bonds is 4. The van der Waals surface area contributed by atoms with Gasteiger partial charge in [0.05, 0.1) is 0 Å². The Morgan fingerprint density at radius 1 is 1.32 bits per heavy atom. The molecular formula is C11H15N7S. The molecule has 7 nitrogen and oxygen atoms in total. The van der Waals surface area contributed by atoms with E-state index in [1.165, 1.54) is 5.75 Å². The number of anilines is 2. The summed E-state index contributed by atoms with van der Waals surface area (Å²) in [5.74, 6) is 4.00. The van der Waals surface area contributed by atoms with Crippen LogP contribution in [0.15, 0.2) is 18.7 Å². The van der Waals surface area contributed by atoms with Gasteiger partial charge in [0, 0.05) is 31.2 Å². The lowest BCUT2D eigenvalue weighted by Gasteiger charge is -2.12. The fourth-order valence-electron chi connectivity index (χ4n) is 1.86. The van der Waals surface area contributed by atoms with Crippen molar-refractivity contribution in [2.24, 2.45) is 0 Å². The Hall–Kier alpha value is -1.83. The number of thioether (sulfide) groups is 1. The lowest BCUT2D eigenvalue weighted by Crippen LogP contribution is -2.21. The van der Waals surface area contributed by atoms with Crippen LogP contribution in [0, 0.1) is 0 Å². The molecule has 2 aromatic heterocycles. The van der Waals surface area contributed by atoms with Crippen molar-refractivity contribution in [3.05, 3.63) is 18.7 Å². The molecule has 100 valence electrons. The van der Waals surface area contributed by atoms with Crippen LogP contribution in [0.4, 0.5) is 11.9 Å². The van der Waals surface area contributed by atoms with Crippen LogP contribution in [-0.2, 0) is 0 Å². The summed E-state index contributed by atoms with van der Waals surface area (Å²) in [6.07, 6.45) is 6.32. The Balaban J connectivity index is 1.88. The van der Waals surface area contributed by atoms with Gasteiger partial charge in [-0.1, -0.05) is 0 Å². The van der Waals surface area contributed by atoms with Crippen molar-refractivity contribution in [1.82, 2.24) is 24.5 Å².